The molecule has 0 aliphatic heterocycles. The summed E-state index contributed by atoms with van der Waals surface area (Å²) in [5.74, 6) is 0. The zero-order chi connectivity index (χ0) is 8.74. The van der Waals surface area contributed by atoms with Crippen LogP contribution in [0.5, 0.6) is 0 Å². The second kappa shape index (κ2) is 5.72. The molecule has 0 atom stereocenters. The Labute approximate surface area is 70.1 Å². The van der Waals surface area contributed by atoms with Crippen molar-refractivity contribution in [2.45, 2.75) is 38.9 Å². The third-order valence-corrected chi connectivity index (χ3v) is 6.87. The van der Waals surface area contributed by atoms with E-state index in [0.29, 0.717) is 6.04 Å². The molecule has 0 spiro atoms. The molecular formula is C8H19FOSi. The van der Waals surface area contributed by atoms with Crippen LogP contribution in [0.3, 0.4) is 0 Å². The lowest BCUT2D eigenvalue weighted by atomic mass is 10.9. The maximum atomic E-state index is 12.1. The summed E-state index contributed by atoms with van der Waals surface area (Å²) in [6, 6.07) is 2.76. The van der Waals surface area contributed by atoms with E-state index in [4.69, 9.17) is 4.43 Å². The van der Waals surface area contributed by atoms with Gasteiger partial charge in [0.25, 0.3) is 0 Å². The summed E-state index contributed by atoms with van der Waals surface area (Å²) in [4.78, 5) is 0. The highest BCUT2D eigenvalue weighted by Crippen LogP contribution is 2.21. The summed E-state index contributed by atoms with van der Waals surface area (Å²) in [7, 11) is -1.62. The van der Waals surface area contributed by atoms with Gasteiger partial charge >= 0.3 is 0 Å². The van der Waals surface area contributed by atoms with Gasteiger partial charge in [-0.1, -0.05) is 13.8 Å². The number of rotatable bonds is 6. The monoisotopic (exact) mass is 178 g/mol. The molecule has 0 aromatic rings. The first kappa shape index (κ1) is 11.1. The molecule has 0 saturated carbocycles. The minimum Gasteiger partial charge on any atom is -0.417 e. The molecule has 0 aromatic carbocycles. The summed E-state index contributed by atoms with van der Waals surface area (Å²) in [6.45, 7) is 6.75. The second-order valence-electron chi connectivity index (χ2n) is 2.76. The van der Waals surface area contributed by atoms with Crippen LogP contribution in [-0.2, 0) is 4.43 Å². The maximum Gasteiger partial charge on any atom is 0.194 e. The minimum atomic E-state index is -1.62. The van der Waals surface area contributed by atoms with Gasteiger partial charge in [-0.05, 0) is 25.1 Å². The summed E-state index contributed by atoms with van der Waals surface area (Å²) in [6.07, 6.45) is 0. The molecule has 0 aromatic heterocycles. The predicted molar refractivity (Wildman–Crippen MR) is 49.1 cm³/mol. The van der Waals surface area contributed by atoms with Crippen LogP contribution in [0.2, 0.25) is 18.1 Å². The van der Waals surface area contributed by atoms with Crippen LogP contribution in [-0.4, -0.2) is 21.6 Å². The van der Waals surface area contributed by atoms with E-state index in [1.165, 1.54) is 0 Å². The molecule has 0 bridgehead atoms. The highest BCUT2D eigenvalue weighted by Gasteiger charge is 2.29. The van der Waals surface area contributed by atoms with Crippen LogP contribution in [0.4, 0.5) is 4.39 Å². The van der Waals surface area contributed by atoms with Gasteiger partial charge in [0.15, 0.2) is 8.32 Å². The first-order chi connectivity index (χ1) is 5.24. The highest BCUT2D eigenvalue weighted by atomic mass is 28.4. The average Bonchev–Trinajstić information content (AvgIpc) is 2.04. The van der Waals surface area contributed by atoms with Crippen molar-refractivity contribution in [2.75, 3.05) is 13.3 Å². The first-order valence-electron chi connectivity index (χ1n) is 4.44. The van der Waals surface area contributed by atoms with Crippen molar-refractivity contribution in [1.82, 2.24) is 0 Å². The van der Waals surface area contributed by atoms with Gasteiger partial charge < -0.3 is 4.43 Å². The predicted octanol–water partition coefficient (Wildman–Crippen LogP) is 2.98. The lowest BCUT2D eigenvalue weighted by molar-refractivity contribution is 0.315. The molecule has 1 nitrogen and oxygen atoms in total. The van der Waals surface area contributed by atoms with Gasteiger partial charge in [0.05, 0.1) is 6.67 Å². The van der Waals surface area contributed by atoms with Crippen molar-refractivity contribution in [1.29, 1.82) is 0 Å². The van der Waals surface area contributed by atoms with Crippen molar-refractivity contribution < 1.29 is 8.82 Å². The quantitative estimate of drug-likeness (QED) is 0.568. The van der Waals surface area contributed by atoms with Gasteiger partial charge in [0, 0.05) is 6.61 Å². The van der Waals surface area contributed by atoms with E-state index in [1.807, 2.05) is 6.92 Å². The second-order valence-corrected chi connectivity index (χ2v) is 7.33. The molecule has 68 valence electrons. The van der Waals surface area contributed by atoms with Gasteiger partial charge in [-0.25, -0.2) is 0 Å². The molecule has 0 fully saturated rings. The van der Waals surface area contributed by atoms with Crippen LogP contribution in [0.1, 0.15) is 20.8 Å². The van der Waals surface area contributed by atoms with Gasteiger partial charge in [-0.2, -0.15) is 0 Å². The Morgan fingerprint density at radius 2 is 1.73 bits per heavy atom. The van der Waals surface area contributed by atoms with Crippen molar-refractivity contribution in [2.24, 2.45) is 0 Å². The van der Waals surface area contributed by atoms with E-state index in [-0.39, 0.29) is 6.67 Å². The Morgan fingerprint density at radius 1 is 1.18 bits per heavy atom. The molecule has 0 amide bonds. The highest BCUT2D eigenvalue weighted by molar-refractivity contribution is 6.73. The lowest BCUT2D eigenvalue weighted by Gasteiger charge is -2.27. The van der Waals surface area contributed by atoms with Gasteiger partial charge in [-0.3, -0.25) is 4.39 Å². The average molecular weight is 178 g/mol. The Balaban J connectivity index is 3.96. The van der Waals surface area contributed by atoms with Gasteiger partial charge in [-0.15, -0.1) is 0 Å². The molecule has 0 saturated heterocycles. The third kappa shape index (κ3) is 3.34. The molecular weight excluding hydrogens is 159 g/mol. The molecule has 0 N–H and O–H groups in total. The van der Waals surface area contributed by atoms with E-state index in [2.05, 4.69) is 13.8 Å². The number of hydrogen-bond acceptors (Lipinski definition) is 1. The molecule has 0 rings (SSSR count). The van der Waals surface area contributed by atoms with Crippen LogP contribution in [0, 0.1) is 0 Å². The van der Waals surface area contributed by atoms with E-state index in [0.717, 1.165) is 18.7 Å². The zero-order valence-corrected chi connectivity index (χ0v) is 8.82. The Hall–Kier alpha value is 0.107. The SMILES string of the molecule is CCO[Si](CC)(CC)CCF. The Bertz CT molecular complexity index is 86.1. The molecule has 0 aliphatic carbocycles. The third-order valence-electron chi connectivity index (χ3n) is 2.29. The normalized spacial score (nSPS) is 12.0. The molecule has 0 unspecified atom stereocenters. The Morgan fingerprint density at radius 3 is 2.00 bits per heavy atom. The van der Waals surface area contributed by atoms with Crippen molar-refractivity contribution >= 4 is 8.32 Å². The van der Waals surface area contributed by atoms with Crippen LogP contribution >= 0.6 is 0 Å². The molecule has 11 heavy (non-hydrogen) atoms. The van der Waals surface area contributed by atoms with Crippen molar-refractivity contribution in [3.8, 4) is 0 Å². The fourth-order valence-corrected chi connectivity index (χ4v) is 4.07. The van der Waals surface area contributed by atoms with Crippen molar-refractivity contribution in [3.63, 3.8) is 0 Å². The maximum absolute atomic E-state index is 12.1. The summed E-state index contributed by atoms with van der Waals surface area (Å²) in [5, 5.41) is 0. The topological polar surface area (TPSA) is 9.23 Å². The van der Waals surface area contributed by atoms with Gasteiger partial charge in [0.2, 0.25) is 0 Å². The largest absolute Gasteiger partial charge is 0.417 e. The molecule has 3 heteroatoms. The van der Waals surface area contributed by atoms with E-state index < -0.39 is 8.32 Å². The lowest BCUT2D eigenvalue weighted by Crippen LogP contribution is -2.37. The van der Waals surface area contributed by atoms with Gasteiger partial charge in [0.1, 0.15) is 0 Å². The molecule has 0 aliphatic rings. The first-order valence-corrected chi connectivity index (χ1v) is 6.97. The fraction of sp³-hybridized carbons (Fsp3) is 1.00. The summed E-state index contributed by atoms with van der Waals surface area (Å²) in [5.41, 5.74) is 0. The number of alkyl halides is 1. The number of hydrogen-bond donors (Lipinski definition) is 0. The van der Waals surface area contributed by atoms with Crippen LogP contribution < -0.4 is 0 Å². The standard InChI is InChI=1S/C8H19FOSi/c1-4-10-11(5-2,6-3)8-7-9/h4-8H2,1-3H3. The summed E-state index contributed by atoms with van der Waals surface area (Å²) < 4.78 is 17.8. The van der Waals surface area contributed by atoms with E-state index in [9.17, 15) is 4.39 Å². The Kier molecular flexibility index (Phi) is 5.77. The van der Waals surface area contributed by atoms with E-state index in [1.54, 1.807) is 0 Å². The zero-order valence-electron chi connectivity index (χ0n) is 7.82. The number of halogens is 1. The smallest absolute Gasteiger partial charge is 0.194 e. The van der Waals surface area contributed by atoms with Crippen LogP contribution in [0.25, 0.3) is 0 Å². The molecule has 0 radical (unpaired) electrons. The fourth-order valence-electron chi connectivity index (χ4n) is 1.36. The summed E-state index contributed by atoms with van der Waals surface area (Å²) >= 11 is 0. The van der Waals surface area contributed by atoms with E-state index >= 15 is 0 Å². The molecule has 0 heterocycles. The minimum absolute atomic E-state index is 0.214. The van der Waals surface area contributed by atoms with Crippen molar-refractivity contribution in [3.05, 3.63) is 0 Å². The van der Waals surface area contributed by atoms with Crippen LogP contribution in [0.15, 0.2) is 0 Å².